The van der Waals surface area contributed by atoms with E-state index in [1.165, 1.54) is 9.80 Å². The van der Waals surface area contributed by atoms with Gasteiger partial charge < -0.3 is 0 Å². The number of amides is 4. The van der Waals surface area contributed by atoms with Gasteiger partial charge in [0, 0.05) is 0 Å². The number of imide groups is 2. The maximum atomic E-state index is 14.5. The van der Waals surface area contributed by atoms with Crippen molar-refractivity contribution in [3.05, 3.63) is 132 Å². The number of fused-ring (bicyclic) bond motifs is 8. The number of carbonyl (C=O) groups is 4. The maximum Gasteiger partial charge on any atom is 0.240 e. The molecule has 41 heavy (non-hydrogen) atoms. The van der Waals surface area contributed by atoms with Crippen molar-refractivity contribution in [2.75, 3.05) is 9.80 Å². The van der Waals surface area contributed by atoms with E-state index < -0.39 is 34.7 Å². The lowest BCUT2D eigenvalue weighted by Crippen LogP contribution is -2.53. The van der Waals surface area contributed by atoms with Gasteiger partial charge in [-0.2, -0.15) is 0 Å². The molecule has 7 heteroatoms. The Morgan fingerprint density at radius 3 is 0.976 bits per heavy atom. The second kappa shape index (κ2) is 8.32. The predicted molar refractivity (Wildman–Crippen MR) is 151 cm³/mol. The van der Waals surface area contributed by atoms with Crippen molar-refractivity contribution in [1.29, 1.82) is 0 Å². The lowest BCUT2D eigenvalue weighted by molar-refractivity contribution is -0.133. The van der Waals surface area contributed by atoms with Gasteiger partial charge in [0.15, 0.2) is 0 Å². The molecule has 0 spiro atoms. The van der Waals surface area contributed by atoms with Crippen LogP contribution in [0.2, 0.25) is 0 Å². The standard InChI is InChI=1S/C34H25N3O4/c38-29-25-27(31(40)36(29)23-17-9-3-10-18-23)34(22-15-7-2-8-16-22)28-26(33(25,35-34)21-13-5-1-6-14-21)30(39)37(32(28)41)24-19-11-4-12-20-24/h1-20,25-28,35H/t25-,26-,27-,28+,33?,34?/m0/s1. The first-order valence-electron chi connectivity index (χ1n) is 13.8. The first-order chi connectivity index (χ1) is 20.0. The van der Waals surface area contributed by atoms with E-state index in [1.807, 2.05) is 72.8 Å². The van der Waals surface area contributed by atoms with Gasteiger partial charge in [0.25, 0.3) is 0 Å². The molecule has 4 aromatic rings. The molecule has 200 valence electrons. The molecule has 2 unspecified atom stereocenters. The minimum atomic E-state index is -1.28. The van der Waals surface area contributed by atoms with Gasteiger partial charge in [0.2, 0.25) is 23.6 Å². The molecule has 4 saturated heterocycles. The average molecular weight is 540 g/mol. The Morgan fingerprint density at radius 1 is 0.415 bits per heavy atom. The Hall–Kier alpha value is -4.88. The minimum Gasteiger partial charge on any atom is -0.295 e. The zero-order valence-corrected chi connectivity index (χ0v) is 21.9. The largest absolute Gasteiger partial charge is 0.295 e. The third-order valence-electron chi connectivity index (χ3n) is 9.52. The van der Waals surface area contributed by atoms with Gasteiger partial charge in [-0.15, -0.1) is 0 Å². The van der Waals surface area contributed by atoms with Crippen LogP contribution in [0.15, 0.2) is 121 Å². The summed E-state index contributed by atoms with van der Waals surface area (Å²) < 4.78 is 0. The summed E-state index contributed by atoms with van der Waals surface area (Å²) >= 11 is 0. The van der Waals surface area contributed by atoms with E-state index in [0.29, 0.717) is 22.5 Å². The highest BCUT2D eigenvalue weighted by molar-refractivity contribution is 6.28. The normalized spacial score (nSPS) is 31.6. The molecule has 0 saturated carbocycles. The molecule has 4 heterocycles. The molecule has 0 radical (unpaired) electrons. The van der Waals surface area contributed by atoms with Crippen LogP contribution in [0.5, 0.6) is 0 Å². The molecule has 7 nitrogen and oxygen atoms in total. The molecule has 6 atom stereocenters. The van der Waals surface area contributed by atoms with Crippen LogP contribution in [0, 0.1) is 23.7 Å². The number of hydrogen-bond donors (Lipinski definition) is 1. The van der Waals surface area contributed by atoms with E-state index in [0.717, 1.165) is 0 Å². The van der Waals surface area contributed by atoms with Gasteiger partial charge in [0.05, 0.1) is 46.1 Å². The van der Waals surface area contributed by atoms with Crippen LogP contribution in [0.4, 0.5) is 11.4 Å². The SMILES string of the molecule is O=C1[C@@H]2[C@@H](C(=O)N1c1ccccc1)C1(c3ccccc3)NC2(c2ccccc2)[C@@H]2C(=O)N(c3ccccc3)C(=O)[C@@H]21. The average Bonchev–Trinajstić information content (AvgIpc) is 3.69. The maximum absolute atomic E-state index is 14.5. The fourth-order valence-corrected chi connectivity index (χ4v) is 8.17. The van der Waals surface area contributed by atoms with Crippen molar-refractivity contribution in [1.82, 2.24) is 5.32 Å². The lowest BCUT2D eigenvalue weighted by Gasteiger charge is -2.40. The number of hydrogen-bond acceptors (Lipinski definition) is 5. The summed E-state index contributed by atoms with van der Waals surface area (Å²) in [4.78, 5) is 60.6. The van der Waals surface area contributed by atoms with Crippen LogP contribution in [0.25, 0.3) is 0 Å². The molecule has 0 aliphatic carbocycles. The Labute approximate surface area is 236 Å². The van der Waals surface area contributed by atoms with Crippen LogP contribution in [0.1, 0.15) is 11.1 Å². The molecular weight excluding hydrogens is 514 g/mol. The van der Waals surface area contributed by atoms with E-state index in [9.17, 15) is 19.2 Å². The third-order valence-corrected chi connectivity index (χ3v) is 9.52. The molecule has 4 aliphatic rings. The highest BCUT2D eigenvalue weighted by Crippen LogP contribution is 2.71. The van der Waals surface area contributed by atoms with Crippen LogP contribution in [-0.4, -0.2) is 23.6 Å². The van der Waals surface area contributed by atoms with E-state index >= 15 is 0 Å². The molecule has 4 amide bonds. The highest BCUT2D eigenvalue weighted by atomic mass is 16.2. The number of para-hydroxylation sites is 2. The van der Waals surface area contributed by atoms with Crippen molar-refractivity contribution in [2.24, 2.45) is 23.7 Å². The fraction of sp³-hybridized carbons (Fsp3) is 0.176. The molecule has 4 fully saturated rings. The monoisotopic (exact) mass is 539 g/mol. The van der Waals surface area contributed by atoms with Crippen LogP contribution < -0.4 is 15.1 Å². The van der Waals surface area contributed by atoms with Crippen molar-refractivity contribution >= 4 is 35.0 Å². The third kappa shape index (κ3) is 2.81. The summed E-state index contributed by atoms with van der Waals surface area (Å²) in [6, 6.07) is 36.5. The Bertz CT molecular complexity index is 1550. The molecular formula is C34H25N3O4. The zero-order valence-electron chi connectivity index (χ0n) is 21.9. The predicted octanol–water partition coefficient (Wildman–Crippen LogP) is 4.01. The quantitative estimate of drug-likeness (QED) is 0.396. The van der Waals surface area contributed by atoms with Crippen LogP contribution in [-0.2, 0) is 30.3 Å². The van der Waals surface area contributed by atoms with E-state index in [-0.39, 0.29) is 23.6 Å². The molecule has 2 bridgehead atoms. The molecule has 4 aromatic carbocycles. The molecule has 4 aliphatic heterocycles. The Balaban J connectivity index is 1.43. The van der Waals surface area contributed by atoms with Crippen molar-refractivity contribution in [3.8, 4) is 0 Å². The number of benzene rings is 4. The van der Waals surface area contributed by atoms with E-state index in [1.54, 1.807) is 48.5 Å². The second-order valence-electron chi connectivity index (χ2n) is 11.2. The number of rotatable bonds is 4. The number of nitrogens with one attached hydrogen (secondary N) is 1. The smallest absolute Gasteiger partial charge is 0.240 e. The van der Waals surface area contributed by atoms with Gasteiger partial charge in [-0.1, -0.05) is 97.1 Å². The topological polar surface area (TPSA) is 86.8 Å². The summed E-state index contributed by atoms with van der Waals surface area (Å²) in [7, 11) is 0. The van der Waals surface area contributed by atoms with Gasteiger partial charge in [-0.25, -0.2) is 9.80 Å². The lowest BCUT2D eigenvalue weighted by atomic mass is 9.55. The minimum absolute atomic E-state index is 0.364. The zero-order chi connectivity index (χ0) is 27.9. The molecule has 8 rings (SSSR count). The second-order valence-corrected chi connectivity index (χ2v) is 11.2. The van der Waals surface area contributed by atoms with Gasteiger partial charge >= 0.3 is 0 Å². The van der Waals surface area contributed by atoms with Gasteiger partial charge in [-0.3, -0.25) is 24.5 Å². The summed E-state index contributed by atoms with van der Waals surface area (Å²) in [6.07, 6.45) is 0. The molecule has 0 aromatic heterocycles. The summed E-state index contributed by atoms with van der Waals surface area (Å²) in [6.45, 7) is 0. The summed E-state index contributed by atoms with van der Waals surface area (Å²) in [5.41, 5.74) is -0.162. The van der Waals surface area contributed by atoms with E-state index in [4.69, 9.17) is 0 Å². The van der Waals surface area contributed by atoms with Crippen molar-refractivity contribution in [3.63, 3.8) is 0 Å². The van der Waals surface area contributed by atoms with E-state index in [2.05, 4.69) is 5.32 Å². The Morgan fingerprint density at radius 2 is 0.683 bits per heavy atom. The van der Waals surface area contributed by atoms with Gasteiger partial charge in [-0.05, 0) is 35.4 Å². The highest BCUT2D eigenvalue weighted by Gasteiger charge is 2.85. The van der Waals surface area contributed by atoms with Crippen LogP contribution in [0.3, 0.4) is 0 Å². The molecule has 1 N–H and O–H groups in total. The fourth-order valence-electron chi connectivity index (χ4n) is 8.17. The number of carbonyl (C=O) groups excluding carboxylic acids is 4. The summed E-state index contributed by atoms with van der Waals surface area (Å²) in [5, 5.41) is 3.72. The summed E-state index contributed by atoms with van der Waals surface area (Å²) in [5.74, 6) is -5.04. The van der Waals surface area contributed by atoms with Crippen molar-refractivity contribution < 1.29 is 19.2 Å². The van der Waals surface area contributed by atoms with Crippen LogP contribution >= 0.6 is 0 Å². The number of nitrogens with zero attached hydrogens (tertiary/aromatic N) is 2. The Kier molecular flexibility index (Phi) is 4.86. The first kappa shape index (κ1) is 24.0. The van der Waals surface area contributed by atoms with Gasteiger partial charge in [0.1, 0.15) is 0 Å². The number of anilines is 2. The van der Waals surface area contributed by atoms with Crippen molar-refractivity contribution in [2.45, 2.75) is 11.1 Å². The first-order valence-corrected chi connectivity index (χ1v) is 13.8.